The molecule has 1 saturated heterocycles. The molecule has 0 amide bonds. The first-order valence-corrected chi connectivity index (χ1v) is 6.08. The predicted octanol–water partition coefficient (Wildman–Crippen LogP) is 2.08. The van der Waals surface area contributed by atoms with Crippen molar-refractivity contribution in [3.63, 3.8) is 0 Å². The maximum atomic E-state index is 10.8. The first-order chi connectivity index (χ1) is 7.72. The molecule has 0 aromatic carbocycles. The molecule has 1 aromatic rings. The summed E-state index contributed by atoms with van der Waals surface area (Å²) in [5.74, 6) is 0. The van der Waals surface area contributed by atoms with E-state index in [-0.39, 0.29) is 0 Å². The normalized spacial score (nSPS) is 16.9. The molecule has 3 heteroatoms. The fourth-order valence-corrected chi connectivity index (χ4v) is 2.58. The van der Waals surface area contributed by atoms with Crippen LogP contribution < -0.4 is 0 Å². The van der Waals surface area contributed by atoms with Gasteiger partial charge in [0.05, 0.1) is 5.69 Å². The van der Waals surface area contributed by atoms with Gasteiger partial charge in [-0.25, -0.2) is 0 Å². The van der Waals surface area contributed by atoms with Gasteiger partial charge in [0.15, 0.2) is 6.29 Å². The highest BCUT2D eigenvalue weighted by Crippen LogP contribution is 2.18. The van der Waals surface area contributed by atoms with E-state index in [1.165, 1.54) is 31.5 Å². The number of hydrogen-bond donors (Lipinski definition) is 1. The van der Waals surface area contributed by atoms with Crippen molar-refractivity contribution in [2.75, 3.05) is 19.6 Å². The number of likely N-dealkylation sites (tertiary alicyclic amines) is 1. The molecule has 1 fully saturated rings. The van der Waals surface area contributed by atoms with Crippen LogP contribution in [-0.2, 0) is 6.42 Å². The standard InChI is InChI=1S/C13H20N2O/c1-10-12(11(2)14-13(10)9-16)5-8-15-6-3-4-7-15/h9,14H,3-8H2,1-2H3. The molecule has 2 heterocycles. The van der Waals surface area contributed by atoms with Gasteiger partial charge in [-0.15, -0.1) is 0 Å². The van der Waals surface area contributed by atoms with Crippen LogP contribution >= 0.6 is 0 Å². The van der Waals surface area contributed by atoms with Gasteiger partial charge in [-0.2, -0.15) is 0 Å². The van der Waals surface area contributed by atoms with Crippen LogP contribution in [0.3, 0.4) is 0 Å². The van der Waals surface area contributed by atoms with Gasteiger partial charge in [-0.05, 0) is 57.3 Å². The Balaban J connectivity index is 2.02. The maximum absolute atomic E-state index is 10.8. The summed E-state index contributed by atoms with van der Waals surface area (Å²) < 4.78 is 0. The maximum Gasteiger partial charge on any atom is 0.166 e. The van der Waals surface area contributed by atoms with Crippen molar-refractivity contribution in [2.45, 2.75) is 33.1 Å². The van der Waals surface area contributed by atoms with Crippen molar-refractivity contribution in [2.24, 2.45) is 0 Å². The second-order valence-electron chi connectivity index (χ2n) is 4.68. The number of aromatic nitrogens is 1. The molecule has 1 N–H and O–H groups in total. The van der Waals surface area contributed by atoms with E-state index in [4.69, 9.17) is 0 Å². The molecule has 0 atom stereocenters. The highest BCUT2D eigenvalue weighted by Gasteiger charge is 2.14. The van der Waals surface area contributed by atoms with Gasteiger partial charge >= 0.3 is 0 Å². The van der Waals surface area contributed by atoms with Crippen molar-refractivity contribution < 1.29 is 4.79 Å². The van der Waals surface area contributed by atoms with Gasteiger partial charge in [-0.3, -0.25) is 4.79 Å². The Kier molecular flexibility index (Phi) is 3.44. The fraction of sp³-hybridized carbons (Fsp3) is 0.615. The van der Waals surface area contributed by atoms with Gasteiger partial charge in [0.25, 0.3) is 0 Å². The summed E-state index contributed by atoms with van der Waals surface area (Å²) in [4.78, 5) is 16.5. The van der Waals surface area contributed by atoms with Crippen LogP contribution in [0.25, 0.3) is 0 Å². The SMILES string of the molecule is Cc1[nH]c(C=O)c(C)c1CCN1CCCC1. The number of hydrogen-bond acceptors (Lipinski definition) is 2. The number of nitrogens with zero attached hydrogens (tertiary/aromatic N) is 1. The molecule has 0 unspecified atom stereocenters. The molecule has 3 nitrogen and oxygen atoms in total. The highest BCUT2D eigenvalue weighted by atomic mass is 16.1. The smallest absolute Gasteiger partial charge is 0.166 e. The topological polar surface area (TPSA) is 36.1 Å². The Bertz CT molecular complexity index is 376. The average molecular weight is 220 g/mol. The highest BCUT2D eigenvalue weighted by molar-refractivity contribution is 5.75. The molecular formula is C13H20N2O. The van der Waals surface area contributed by atoms with Crippen LogP contribution in [0.4, 0.5) is 0 Å². The van der Waals surface area contributed by atoms with Crippen molar-refractivity contribution in [3.05, 3.63) is 22.5 Å². The van der Waals surface area contributed by atoms with E-state index in [9.17, 15) is 4.79 Å². The van der Waals surface area contributed by atoms with Crippen LogP contribution in [0.5, 0.6) is 0 Å². The molecular weight excluding hydrogens is 200 g/mol. The lowest BCUT2D eigenvalue weighted by molar-refractivity contribution is 0.111. The molecule has 0 radical (unpaired) electrons. The van der Waals surface area contributed by atoms with Crippen molar-refractivity contribution in [1.82, 2.24) is 9.88 Å². The third-order valence-electron chi connectivity index (χ3n) is 3.63. The number of aryl methyl sites for hydroxylation is 1. The Hall–Kier alpha value is -1.09. The monoisotopic (exact) mass is 220 g/mol. The lowest BCUT2D eigenvalue weighted by Crippen LogP contribution is -2.22. The van der Waals surface area contributed by atoms with E-state index in [0.29, 0.717) is 0 Å². The van der Waals surface area contributed by atoms with Crippen molar-refractivity contribution in [1.29, 1.82) is 0 Å². The number of aldehydes is 1. The van der Waals surface area contributed by atoms with E-state index in [2.05, 4.69) is 16.8 Å². The molecule has 0 saturated carbocycles. The van der Waals surface area contributed by atoms with Crippen molar-refractivity contribution in [3.8, 4) is 0 Å². The first kappa shape index (κ1) is 11.4. The molecule has 2 rings (SSSR count). The predicted molar refractivity (Wildman–Crippen MR) is 65.0 cm³/mol. The van der Waals surface area contributed by atoms with Gasteiger partial charge < -0.3 is 9.88 Å². The molecule has 16 heavy (non-hydrogen) atoms. The summed E-state index contributed by atoms with van der Waals surface area (Å²) in [6, 6.07) is 0. The largest absolute Gasteiger partial charge is 0.356 e. The minimum absolute atomic E-state index is 0.744. The fourth-order valence-electron chi connectivity index (χ4n) is 2.58. The van der Waals surface area contributed by atoms with Gasteiger partial charge in [0.2, 0.25) is 0 Å². The summed E-state index contributed by atoms with van der Waals surface area (Å²) in [5, 5.41) is 0. The summed E-state index contributed by atoms with van der Waals surface area (Å²) in [6.45, 7) is 7.69. The first-order valence-electron chi connectivity index (χ1n) is 6.08. The Morgan fingerprint density at radius 1 is 1.31 bits per heavy atom. The number of rotatable bonds is 4. The third-order valence-corrected chi connectivity index (χ3v) is 3.63. The number of H-pyrrole nitrogens is 1. The van der Waals surface area contributed by atoms with E-state index >= 15 is 0 Å². The molecule has 1 aromatic heterocycles. The van der Waals surface area contributed by atoms with Crippen LogP contribution in [0.15, 0.2) is 0 Å². The van der Waals surface area contributed by atoms with Crippen LogP contribution in [-0.4, -0.2) is 35.8 Å². The minimum atomic E-state index is 0.744. The molecule has 88 valence electrons. The Labute approximate surface area is 96.8 Å². The van der Waals surface area contributed by atoms with E-state index in [0.717, 1.165) is 36.2 Å². The number of nitrogens with one attached hydrogen (secondary N) is 1. The molecule has 0 spiro atoms. The number of aromatic amines is 1. The zero-order valence-electron chi connectivity index (χ0n) is 10.2. The van der Waals surface area contributed by atoms with Crippen LogP contribution in [0.1, 0.15) is 40.2 Å². The van der Waals surface area contributed by atoms with Crippen LogP contribution in [0, 0.1) is 13.8 Å². The van der Waals surface area contributed by atoms with Crippen molar-refractivity contribution >= 4 is 6.29 Å². The summed E-state index contributed by atoms with van der Waals surface area (Å²) in [5.41, 5.74) is 4.36. The zero-order chi connectivity index (χ0) is 11.5. The Morgan fingerprint density at radius 3 is 2.56 bits per heavy atom. The Morgan fingerprint density at radius 2 is 2.00 bits per heavy atom. The summed E-state index contributed by atoms with van der Waals surface area (Å²) >= 11 is 0. The second kappa shape index (κ2) is 4.83. The van der Waals surface area contributed by atoms with Gasteiger partial charge in [0.1, 0.15) is 0 Å². The zero-order valence-corrected chi connectivity index (χ0v) is 10.2. The van der Waals surface area contributed by atoms with Crippen LogP contribution in [0.2, 0.25) is 0 Å². The molecule has 1 aliphatic rings. The number of carbonyl (C=O) groups excluding carboxylic acids is 1. The molecule has 0 bridgehead atoms. The lowest BCUT2D eigenvalue weighted by atomic mass is 10.1. The number of carbonyl (C=O) groups is 1. The minimum Gasteiger partial charge on any atom is -0.356 e. The van der Waals surface area contributed by atoms with E-state index in [1.807, 2.05) is 6.92 Å². The lowest BCUT2D eigenvalue weighted by Gasteiger charge is -2.14. The summed E-state index contributed by atoms with van der Waals surface area (Å²) in [6.07, 6.45) is 4.65. The quantitative estimate of drug-likeness (QED) is 0.789. The van der Waals surface area contributed by atoms with E-state index in [1.54, 1.807) is 0 Å². The second-order valence-corrected chi connectivity index (χ2v) is 4.68. The molecule has 0 aliphatic carbocycles. The van der Waals surface area contributed by atoms with E-state index < -0.39 is 0 Å². The average Bonchev–Trinajstić information content (AvgIpc) is 2.86. The van der Waals surface area contributed by atoms with Gasteiger partial charge in [-0.1, -0.05) is 0 Å². The molecule has 1 aliphatic heterocycles. The third kappa shape index (κ3) is 2.19. The van der Waals surface area contributed by atoms with Gasteiger partial charge in [0, 0.05) is 12.2 Å². The summed E-state index contributed by atoms with van der Waals surface area (Å²) in [7, 11) is 0.